The minimum atomic E-state index is -0.215. The Bertz CT molecular complexity index is 1310. The summed E-state index contributed by atoms with van der Waals surface area (Å²) in [5.41, 5.74) is 3.62. The molecule has 1 N–H and O–H groups in total. The molecule has 5 nitrogen and oxygen atoms in total. The Balaban J connectivity index is 1.62. The van der Waals surface area contributed by atoms with Crippen molar-refractivity contribution in [2.75, 3.05) is 0 Å². The molecule has 1 heterocycles. The summed E-state index contributed by atoms with van der Waals surface area (Å²) < 4.78 is 2.58. The van der Waals surface area contributed by atoms with Crippen LogP contribution < -0.4 is 5.32 Å². The van der Waals surface area contributed by atoms with Gasteiger partial charge in [0.15, 0.2) is 11.0 Å². The molecule has 9 heteroatoms. The Morgan fingerprint density at radius 1 is 1.06 bits per heavy atom. The van der Waals surface area contributed by atoms with E-state index in [-0.39, 0.29) is 12.5 Å². The van der Waals surface area contributed by atoms with E-state index in [0.717, 1.165) is 4.47 Å². The van der Waals surface area contributed by atoms with E-state index in [1.807, 2.05) is 34.9 Å². The van der Waals surface area contributed by atoms with Crippen molar-refractivity contribution in [2.45, 2.75) is 24.4 Å². The number of hydrogen-bond donors (Lipinski definition) is 1. The van der Waals surface area contributed by atoms with Crippen LogP contribution in [-0.2, 0) is 12.3 Å². The maximum atomic E-state index is 12.7. The lowest BCUT2D eigenvalue weighted by atomic mass is 10.2. The molecule has 0 aliphatic rings. The van der Waals surface area contributed by atoms with E-state index in [1.165, 1.54) is 11.1 Å². The summed E-state index contributed by atoms with van der Waals surface area (Å²) in [4.78, 5) is 12.7. The summed E-state index contributed by atoms with van der Waals surface area (Å²) in [6.07, 6.45) is 0. The molecule has 0 aliphatic heterocycles. The number of nitrogens with zero attached hydrogens (tertiary/aromatic N) is 3. The van der Waals surface area contributed by atoms with Crippen LogP contribution in [0.4, 0.5) is 0 Å². The minimum Gasteiger partial charge on any atom is -0.345 e. The highest BCUT2D eigenvalue weighted by atomic mass is 79.9. The van der Waals surface area contributed by atoms with Gasteiger partial charge in [-0.3, -0.25) is 9.36 Å². The lowest BCUT2D eigenvalue weighted by molar-refractivity contribution is 0.0949. The van der Waals surface area contributed by atoms with Crippen molar-refractivity contribution in [3.63, 3.8) is 0 Å². The average molecular weight is 562 g/mol. The number of aromatic nitrogens is 3. The number of carbonyl (C=O) groups is 1. The first-order chi connectivity index (χ1) is 15.9. The molecule has 168 valence electrons. The molecule has 1 aromatic heterocycles. The fourth-order valence-corrected chi connectivity index (χ4v) is 5.13. The third-order valence-electron chi connectivity index (χ3n) is 4.83. The van der Waals surface area contributed by atoms with Crippen LogP contribution in [0.15, 0.2) is 76.4 Å². The zero-order chi connectivity index (χ0) is 23.4. The molecule has 0 radical (unpaired) electrons. The van der Waals surface area contributed by atoms with Crippen LogP contribution >= 0.6 is 50.9 Å². The van der Waals surface area contributed by atoms with E-state index in [1.54, 1.807) is 30.0 Å². The standard InChI is InChI=1S/C24H19BrCl2N4OS/c1-15-5-4-6-16(11-15)14-33-24-30-29-22(31(24)21-10-9-17(26)12-20(21)27)13-28-23(32)18-7-2-3-8-19(18)25/h2-12H,13-14H2,1H3,(H,28,32). The number of rotatable bonds is 7. The fraction of sp³-hybridized carbons (Fsp3) is 0.125. The van der Waals surface area contributed by atoms with Crippen LogP contribution in [0.25, 0.3) is 5.69 Å². The quantitative estimate of drug-likeness (QED) is 0.250. The molecule has 4 rings (SSSR count). The van der Waals surface area contributed by atoms with E-state index in [2.05, 4.69) is 56.6 Å². The summed E-state index contributed by atoms with van der Waals surface area (Å²) in [5.74, 6) is 1.06. The van der Waals surface area contributed by atoms with Gasteiger partial charge in [0.1, 0.15) is 0 Å². The first-order valence-corrected chi connectivity index (χ1v) is 12.6. The molecule has 0 saturated carbocycles. The number of thioether (sulfide) groups is 1. The van der Waals surface area contributed by atoms with Gasteiger partial charge in [0.05, 0.1) is 22.8 Å². The zero-order valence-electron chi connectivity index (χ0n) is 17.6. The van der Waals surface area contributed by atoms with Gasteiger partial charge in [0, 0.05) is 15.2 Å². The highest BCUT2D eigenvalue weighted by Gasteiger charge is 2.18. The second-order valence-electron chi connectivity index (χ2n) is 7.27. The lowest BCUT2D eigenvalue weighted by Gasteiger charge is -2.13. The van der Waals surface area contributed by atoms with Crippen LogP contribution in [0, 0.1) is 6.92 Å². The van der Waals surface area contributed by atoms with E-state index in [4.69, 9.17) is 23.2 Å². The topological polar surface area (TPSA) is 59.8 Å². The Morgan fingerprint density at radius 2 is 1.88 bits per heavy atom. The second-order valence-corrected chi connectivity index (χ2v) is 9.91. The summed E-state index contributed by atoms with van der Waals surface area (Å²) in [7, 11) is 0. The van der Waals surface area contributed by atoms with Gasteiger partial charge in [0.2, 0.25) is 0 Å². The van der Waals surface area contributed by atoms with E-state index >= 15 is 0 Å². The maximum absolute atomic E-state index is 12.7. The van der Waals surface area contributed by atoms with Crippen LogP contribution in [0.2, 0.25) is 10.0 Å². The first-order valence-electron chi connectivity index (χ1n) is 10.0. The number of halogens is 3. The number of amides is 1. The summed E-state index contributed by atoms with van der Waals surface area (Å²) in [6.45, 7) is 2.24. The second kappa shape index (κ2) is 10.7. The minimum absolute atomic E-state index is 0.178. The number of nitrogens with one attached hydrogen (secondary N) is 1. The summed E-state index contributed by atoms with van der Waals surface area (Å²) in [6, 6.07) is 20.8. The SMILES string of the molecule is Cc1cccc(CSc2nnc(CNC(=O)c3ccccc3Br)n2-c2ccc(Cl)cc2Cl)c1. The Kier molecular flexibility index (Phi) is 7.75. The fourth-order valence-electron chi connectivity index (χ4n) is 3.26. The average Bonchev–Trinajstić information content (AvgIpc) is 3.19. The zero-order valence-corrected chi connectivity index (χ0v) is 21.5. The molecule has 0 atom stereocenters. The Morgan fingerprint density at radius 3 is 2.64 bits per heavy atom. The Hall–Kier alpha value is -2.32. The number of aryl methyl sites for hydroxylation is 1. The van der Waals surface area contributed by atoms with E-state index in [0.29, 0.717) is 38.0 Å². The first kappa shape index (κ1) is 23.8. The highest BCUT2D eigenvalue weighted by molar-refractivity contribution is 9.10. The number of benzene rings is 3. The van der Waals surface area contributed by atoms with Gasteiger partial charge < -0.3 is 5.32 Å². The van der Waals surface area contributed by atoms with Crippen molar-refractivity contribution in [2.24, 2.45) is 0 Å². The van der Waals surface area contributed by atoms with Crippen LogP contribution in [0.5, 0.6) is 0 Å². The number of carbonyl (C=O) groups excluding carboxylic acids is 1. The van der Waals surface area contributed by atoms with E-state index < -0.39 is 0 Å². The molecular formula is C24H19BrCl2N4OS. The lowest BCUT2D eigenvalue weighted by Crippen LogP contribution is -2.25. The molecule has 33 heavy (non-hydrogen) atoms. The van der Waals surface area contributed by atoms with E-state index in [9.17, 15) is 4.79 Å². The van der Waals surface area contributed by atoms with Gasteiger partial charge in [-0.2, -0.15) is 0 Å². The van der Waals surface area contributed by atoms with Gasteiger partial charge in [-0.1, -0.05) is 76.9 Å². The van der Waals surface area contributed by atoms with Crippen molar-refractivity contribution < 1.29 is 4.79 Å². The predicted molar refractivity (Wildman–Crippen MR) is 137 cm³/mol. The Labute approximate surface area is 214 Å². The van der Waals surface area contributed by atoms with Crippen molar-refractivity contribution in [1.29, 1.82) is 0 Å². The van der Waals surface area contributed by atoms with Crippen molar-refractivity contribution in [3.05, 3.63) is 104 Å². The van der Waals surface area contributed by atoms with Crippen LogP contribution in [-0.4, -0.2) is 20.7 Å². The molecule has 0 bridgehead atoms. The largest absolute Gasteiger partial charge is 0.345 e. The molecule has 1 amide bonds. The number of hydrogen-bond acceptors (Lipinski definition) is 4. The molecule has 0 fully saturated rings. The monoisotopic (exact) mass is 560 g/mol. The third-order valence-corrected chi connectivity index (χ3v) is 7.06. The normalized spacial score (nSPS) is 10.9. The van der Waals surface area contributed by atoms with Crippen LogP contribution in [0.1, 0.15) is 27.3 Å². The van der Waals surface area contributed by atoms with Gasteiger partial charge >= 0.3 is 0 Å². The summed E-state index contributed by atoms with van der Waals surface area (Å²) in [5, 5.41) is 13.3. The molecule has 3 aromatic carbocycles. The van der Waals surface area contributed by atoms with Crippen molar-refractivity contribution >= 4 is 56.8 Å². The van der Waals surface area contributed by atoms with Gasteiger partial charge in [-0.15, -0.1) is 10.2 Å². The predicted octanol–water partition coefficient (Wildman–Crippen LogP) is 6.87. The summed E-state index contributed by atoms with van der Waals surface area (Å²) >= 11 is 17.6. The van der Waals surface area contributed by atoms with Gasteiger partial charge in [0.25, 0.3) is 5.91 Å². The van der Waals surface area contributed by atoms with Crippen molar-refractivity contribution in [1.82, 2.24) is 20.1 Å². The molecule has 0 saturated heterocycles. The molecule has 4 aromatic rings. The van der Waals surface area contributed by atoms with Crippen molar-refractivity contribution in [3.8, 4) is 5.69 Å². The highest BCUT2D eigenvalue weighted by Crippen LogP contribution is 2.31. The third kappa shape index (κ3) is 5.79. The van der Waals surface area contributed by atoms with Gasteiger partial charge in [-0.25, -0.2) is 0 Å². The van der Waals surface area contributed by atoms with Crippen LogP contribution in [0.3, 0.4) is 0 Å². The molecule has 0 aliphatic carbocycles. The molecule has 0 unspecified atom stereocenters. The molecular weight excluding hydrogens is 543 g/mol. The molecule has 0 spiro atoms. The maximum Gasteiger partial charge on any atom is 0.252 e. The smallest absolute Gasteiger partial charge is 0.252 e. The van der Waals surface area contributed by atoms with Gasteiger partial charge in [-0.05, 0) is 58.7 Å².